The van der Waals surface area contributed by atoms with Crippen LogP contribution in [0.1, 0.15) is 18.4 Å². The van der Waals surface area contributed by atoms with Crippen LogP contribution in [0.15, 0.2) is 28.8 Å². The molecule has 2 heterocycles. The average Bonchev–Trinajstić information content (AvgIpc) is 3.21. The van der Waals surface area contributed by atoms with Crippen molar-refractivity contribution in [1.29, 1.82) is 0 Å². The summed E-state index contributed by atoms with van der Waals surface area (Å²) >= 11 is 0. The molecule has 26 heavy (non-hydrogen) atoms. The normalized spacial score (nSPS) is 13.2. The maximum absolute atomic E-state index is 13.9. The van der Waals surface area contributed by atoms with Gasteiger partial charge in [-0.1, -0.05) is 22.5 Å². The van der Waals surface area contributed by atoms with Crippen LogP contribution in [0.3, 0.4) is 0 Å². The summed E-state index contributed by atoms with van der Waals surface area (Å²) in [7, 11) is 1.73. The molecule has 1 N–H and O–H groups in total. The van der Waals surface area contributed by atoms with Crippen molar-refractivity contribution in [2.75, 3.05) is 7.05 Å². The van der Waals surface area contributed by atoms with Crippen LogP contribution in [0.25, 0.3) is 17.3 Å². The molecule has 0 saturated carbocycles. The fourth-order valence-corrected chi connectivity index (χ4v) is 2.28. The number of para-hydroxylation sites is 1. The summed E-state index contributed by atoms with van der Waals surface area (Å²) in [6, 6.07) is 4.94. The lowest BCUT2D eigenvalue weighted by atomic mass is 10.2. The lowest BCUT2D eigenvalue weighted by molar-refractivity contribution is -0.142. The molecular weight excluding hydrogens is 356 g/mol. The summed E-state index contributed by atoms with van der Waals surface area (Å²) in [6.45, 7) is 1.85. The Kier molecular flexibility index (Phi) is 4.72. The van der Waals surface area contributed by atoms with Crippen LogP contribution in [-0.2, 0) is 12.6 Å². The first kappa shape index (κ1) is 18.0. The number of likely N-dealkylation sites (N-methyl/N-ethyl adjacent to an activating group) is 1. The van der Waals surface area contributed by atoms with Gasteiger partial charge in [-0.05, 0) is 26.1 Å². The van der Waals surface area contributed by atoms with Crippen LogP contribution >= 0.6 is 0 Å². The van der Waals surface area contributed by atoms with Crippen LogP contribution in [0.5, 0.6) is 0 Å². The molecule has 7 nitrogen and oxygen atoms in total. The number of aromatic nitrogens is 5. The molecule has 0 spiro atoms. The lowest BCUT2D eigenvalue weighted by Crippen LogP contribution is -2.24. The number of nitrogens with one attached hydrogen (secondary N) is 1. The maximum atomic E-state index is 13.9. The van der Waals surface area contributed by atoms with E-state index < -0.39 is 29.3 Å². The van der Waals surface area contributed by atoms with Gasteiger partial charge >= 0.3 is 6.18 Å². The van der Waals surface area contributed by atoms with E-state index in [9.17, 15) is 17.6 Å². The molecule has 3 aromatic rings. The smallest absolute Gasteiger partial charge is 0.332 e. The van der Waals surface area contributed by atoms with Gasteiger partial charge in [0.05, 0.1) is 0 Å². The third kappa shape index (κ3) is 3.43. The summed E-state index contributed by atoms with van der Waals surface area (Å²) in [5, 5.41) is 13.6. The third-order valence-electron chi connectivity index (χ3n) is 3.67. The van der Waals surface area contributed by atoms with E-state index in [1.165, 1.54) is 12.1 Å². The summed E-state index contributed by atoms with van der Waals surface area (Å²) < 4.78 is 60.0. The molecule has 0 aliphatic heterocycles. The molecule has 0 fully saturated rings. The topological polar surface area (TPSA) is 81.7 Å². The van der Waals surface area contributed by atoms with Crippen molar-refractivity contribution in [2.24, 2.45) is 0 Å². The molecule has 1 unspecified atom stereocenters. The first-order valence-corrected chi connectivity index (χ1v) is 7.59. The monoisotopic (exact) mass is 370 g/mol. The van der Waals surface area contributed by atoms with Gasteiger partial charge in [0, 0.05) is 12.5 Å². The molecule has 11 heteroatoms. The highest BCUT2D eigenvalue weighted by molar-refractivity contribution is 5.53. The second-order valence-corrected chi connectivity index (χ2v) is 5.56. The van der Waals surface area contributed by atoms with Gasteiger partial charge in [0.2, 0.25) is 0 Å². The van der Waals surface area contributed by atoms with E-state index in [0.29, 0.717) is 11.1 Å². The molecule has 0 bridgehead atoms. The van der Waals surface area contributed by atoms with Gasteiger partial charge < -0.3 is 9.84 Å². The number of hydrogen-bond acceptors (Lipinski definition) is 6. The largest absolute Gasteiger partial charge is 0.435 e. The summed E-state index contributed by atoms with van der Waals surface area (Å²) in [6.07, 6.45) is -4.52. The third-order valence-corrected chi connectivity index (χ3v) is 3.67. The highest BCUT2D eigenvalue weighted by Gasteiger charge is 2.42. The Labute approximate surface area is 145 Å². The number of nitrogens with zero attached hydrogens (tertiary/aromatic N) is 5. The molecule has 138 valence electrons. The van der Waals surface area contributed by atoms with Crippen molar-refractivity contribution in [3.05, 3.63) is 41.6 Å². The Morgan fingerprint density at radius 1 is 1.27 bits per heavy atom. The number of rotatable bonds is 5. The minimum Gasteiger partial charge on any atom is -0.332 e. The predicted molar refractivity (Wildman–Crippen MR) is 81.8 cm³/mol. The highest BCUT2D eigenvalue weighted by atomic mass is 19.4. The van der Waals surface area contributed by atoms with Crippen molar-refractivity contribution >= 4 is 0 Å². The minimum absolute atomic E-state index is 0.00312. The lowest BCUT2D eigenvalue weighted by Gasteiger charge is -2.10. The second-order valence-electron chi connectivity index (χ2n) is 5.56. The predicted octanol–water partition coefficient (Wildman–Crippen LogP) is 2.63. The van der Waals surface area contributed by atoms with Crippen molar-refractivity contribution in [3.63, 3.8) is 0 Å². The summed E-state index contributed by atoms with van der Waals surface area (Å²) in [5.74, 6) is -1.09. The van der Waals surface area contributed by atoms with Crippen LogP contribution in [0, 0.1) is 5.82 Å². The Morgan fingerprint density at radius 2 is 2.00 bits per heavy atom. The van der Waals surface area contributed by atoms with Gasteiger partial charge in [-0.3, -0.25) is 0 Å². The molecular formula is C15H14F4N6O. The zero-order chi connectivity index (χ0) is 18.9. The molecule has 2 aromatic heterocycles. The van der Waals surface area contributed by atoms with E-state index in [-0.39, 0.29) is 17.6 Å². The second kappa shape index (κ2) is 6.83. The van der Waals surface area contributed by atoms with E-state index >= 15 is 0 Å². The zero-order valence-electron chi connectivity index (χ0n) is 13.8. The van der Waals surface area contributed by atoms with E-state index in [2.05, 4.69) is 25.8 Å². The zero-order valence-corrected chi connectivity index (χ0v) is 13.8. The SMILES string of the molecule is CNC(C)Cc1noc(-c2nnn(-c3ccccc3F)c2C(F)(F)F)n1. The van der Waals surface area contributed by atoms with Gasteiger partial charge in [-0.15, -0.1) is 5.10 Å². The molecule has 1 aromatic carbocycles. The minimum atomic E-state index is -4.87. The summed E-state index contributed by atoms with van der Waals surface area (Å²) in [4.78, 5) is 3.94. The van der Waals surface area contributed by atoms with Crippen LogP contribution in [-0.4, -0.2) is 38.2 Å². The quantitative estimate of drug-likeness (QED) is 0.696. The van der Waals surface area contributed by atoms with Gasteiger partial charge in [0.15, 0.2) is 17.2 Å². The molecule has 1 atom stereocenters. The van der Waals surface area contributed by atoms with Crippen LogP contribution < -0.4 is 5.32 Å². The number of hydrogen-bond donors (Lipinski definition) is 1. The first-order valence-electron chi connectivity index (χ1n) is 7.59. The Bertz CT molecular complexity index is 904. The molecule has 0 saturated heterocycles. The molecule has 0 aliphatic carbocycles. The van der Waals surface area contributed by atoms with E-state index in [1.54, 1.807) is 7.05 Å². The van der Waals surface area contributed by atoms with Crippen molar-refractivity contribution in [1.82, 2.24) is 30.5 Å². The van der Waals surface area contributed by atoms with Crippen LogP contribution in [0.2, 0.25) is 0 Å². The molecule has 0 radical (unpaired) electrons. The van der Waals surface area contributed by atoms with Crippen molar-refractivity contribution in [2.45, 2.75) is 25.6 Å². The molecule has 0 amide bonds. The van der Waals surface area contributed by atoms with E-state index in [0.717, 1.165) is 12.1 Å². The van der Waals surface area contributed by atoms with Crippen LogP contribution in [0.4, 0.5) is 17.6 Å². The molecule has 3 rings (SSSR count). The van der Waals surface area contributed by atoms with Gasteiger partial charge in [-0.25, -0.2) is 9.07 Å². The first-order chi connectivity index (χ1) is 12.3. The van der Waals surface area contributed by atoms with Gasteiger partial charge in [0.25, 0.3) is 5.89 Å². The van der Waals surface area contributed by atoms with E-state index in [4.69, 9.17) is 4.52 Å². The fourth-order valence-electron chi connectivity index (χ4n) is 2.28. The Morgan fingerprint density at radius 3 is 2.65 bits per heavy atom. The number of halogens is 4. The van der Waals surface area contributed by atoms with Gasteiger partial charge in [0.1, 0.15) is 11.5 Å². The number of benzene rings is 1. The summed E-state index contributed by atoms with van der Waals surface area (Å²) in [5.41, 5.74) is -2.34. The highest BCUT2D eigenvalue weighted by Crippen LogP contribution is 2.36. The fraction of sp³-hybridized carbons (Fsp3) is 0.333. The van der Waals surface area contributed by atoms with E-state index in [1.807, 2.05) is 6.92 Å². The number of alkyl halides is 3. The van der Waals surface area contributed by atoms with Gasteiger partial charge in [-0.2, -0.15) is 18.2 Å². The molecule has 0 aliphatic rings. The van der Waals surface area contributed by atoms with Crippen molar-refractivity contribution in [3.8, 4) is 17.3 Å². The Hall–Kier alpha value is -2.82. The average molecular weight is 370 g/mol. The Balaban J connectivity index is 2.08. The standard InChI is InChI=1S/C15H14F4N6O/c1-8(20-2)7-11-21-14(26-23-11)12-13(15(17,18)19)25(24-22-12)10-6-4-3-5-9(10)16/h3-6,8,20H,7H2,1-2H3. The maximum Gasteiger partial charge on any atom is 0.435 e. The van der Waals surface area contributed by atoms with Crippen molar-refractivity contribution < 1.29 is 22.1 Å².